The number of hydrogen-bond donors (Lipinski definition) is 0. The van der Waals surface area contributed by atoms with Gasteiger partial charge >= 0.3 is 0 Å². The fourth-order valence-electron chi connectivity index (χ4n) is 1.23. The van der Waals surface area contributed by atoms with Crippen molar-refractivity contribution >= 4 is 34.7 Å². The first-order valence-corrected chi connectivity index (χ1v) is 6.34. The molecule has 1 saturated heterocycles. The Morgan fingerprint density at radius 1 is 1.54 bits per heavy atom. The molecule has 0 radical (unpaired) electrons. The Hall–Kier alpha value is 0.230. The molecule has 0 N–H and O–H groups in total. The van der Waals surface area contributed by atoms with Crippen molar-refractivity contribution in [3.63, 3.8) is 0 Å². The minimum atomic E-state index is 0.611. The van der Waals surface area contributed by atoms with Gasteiger partial charge in [-0.05, 0) is 12.8 Å². The number of halogens is 1. The van der Waals surface area contributed by atoms with E-state index in [0.717, 1.165) is 30.4 Å². The first-order chi connectivity index (χ1) is 6.34. The second-order valence-electron chi connectivity index (χ2n) is 2.87. The quantitative estimate of drug-likeness (QED) is 0.787. The summed E-state index contributed by atoms with van der Waals surface area (Å²) in [6.07, 6.45) is 2.25. The van der Waals surface area contributed by atoms with E-state index in [0.29, 0.717) is 10.4 Å². The summed E-state index contributed by atoms with van der Waals surface area (Å²) in [5, 5.41) is 3.15. The van der Waals surface area contributed by atoms with E-state index in [1.807, 2.05) is 17.1 Å². The van der Waals surface area contributed by atoms with Gasteiger partial charge in [0.05, 0.1) is 0 Å². The van der Waals surface area contributed by atoms with Gasteiger partial charge in [0.2, 0.25) is 0 Å². The zero-order chi connectivity index (χ0) is 9.10. The van der Waals surface area contributed by atoms with Crippen LogP contribution >= 0.6 is 34.7 Å². The van der Waals surface area contributed by atoms with Gasteiger partial charge in [-0.1, -0.05) is 23.4 Å². The molecule has 0 atom stereocenters. The standard InChI is InChI=1S/C8H10ClNOS2/c9-7-5-12-8(10-7)13-6-1-3-11-4-2-6/h5-6H,1-4H2. The van der Waals surface area contributed by atoms with E-state index in [4.69, 9.17) is 16.3 Å². The highest BCUT2D eigenvalue weighted by Crippen LogP contribution is 2.32. The van der Waals surface area contributed by atoms with Gasteiger partial charge < -0.3 is 4.74 Å². The van der Waals surface area contributed by atoms with E-state index < -0.39 is 0 Å². The van der Waals surface area contributed by atoms with Gasteiger partial charge in [0.25, 0.3) is 0 Å². The Morgan fingerprint density at radius 2 is 2.31 bits per heavy atom. The predicted molar refractivity (Wildman–Crippen MR) is 56.8 cm³/mol. The lowest BCUT2D eigenvalue weighted by Crippen LogP contribution is -2.17. The van der Waals surface area contributed by atoms with Crippen molar-refractivity contribution in [2.75, 3.05) is 13.2 Å². The fourth-order valence-corrected chi connectivity index (χ4v) is 3.59. The summed E-state index contributed by atoms with van der Waals surface area (Å²) in [5.41, 5.74) is 0. The molecule has 1 aliphatic rings. The SMILES string of the molecule is Clc1csc(SC2CCOCC2)n1. The first kappa shape index (κ1) is 9.77. The molecule has 5 heteroatoms. The highest BCUT2D eigenvalue weighted by atomic mass is 35.5. The van der Waals surface area contributed by atoms with Crippen molar-refractivity contribution in [3.05, 3.63) is 10.5 Å². The minimum Gasteiger partial charge on any atom is -0.381 e. The average Bonchev–Trinajstić information content (AvgIpc) is 2.53. The maximum atomic E-state index is 5.74. The van der Waals surface area contributed by atoms with Crippen LogP contribution in [0.15, 0.2) is 9.72 Å². The lowest BCUT2D eigenvalue weighted by molar-refractivity contribution is 0.100. The van der Waals surface area contributed by atoms with Gasteiger partial charge in [-0.25, -0.2) is 4.98 Å². The fraction of sp³-hybridized carbons (Fsp3) is 0.625. The summed E-state index contributed by atoms with van der Waals surface area (Å²) in [4.78, 5) is 4.21. The second kappa shape index (κ2) is 4.64. The second-order valence-corrected chi connectivity index (χ2v) is 5.66. The van der Waals surface area contributed by atoms with Crippen molar-refractivity contribution in [2.24, 2.45) is 0 Å². The number of nitrogens with zero attached hydrogens (tertiary/aromatic N) is 1. The topological polar surface area (TPSA) is 22.1 Å². The number of thiazole rings is 1. The third kappa shape index (κ3) is 2.84. The van der Waals surface area contributed by atoms with Crippen molar-refractivity contribution in [3.8, 4) is 0 Å². The molecule has 0 spiro atoms. The van der Waals surface area contributed by atoms with Crippen LogP contribution in [0.2, 0.25) is 5.15 Å². The molecule has 0 aromatic carbocycles. The van der Waals surface area contributed by atoms with E-state index in [9.17, 15) is 0 Å². The molecule has 72 valence electrons. The van der Waals surface area contributed by atoms with Crippen molar-refractivity contribution in [1.29, 1.82) is 0 Å². The maximum absolute atomic E-state index is 5.74. The molecule has 2 heterocycles. The van der Waals surface area contributed by atoms with Gasteiger partial charge in [0.15, 0.2) is 4.34 Å². The van der Waals surface area contributed by atoms with Crippen molar-refractivity contribution in [2.45, 2.75) is 22.4 Å². The summed E-state index contributed by atoms with van der Waals surface area (Å²) < 4.78 is 6.37. The van der Waals surface area contributed by atoms with Gasteiger partial charge in [-0.3, -0.25) is 0 Å². The van der Waals surface area contributed by atoms with Crippen molar-refractivity contribution < 1.29 is 4.74 Å². The van der Waals surface area contributed by atoms with Gasteiger partial charge in [-0.15, -0.1) is 11.3 Å². The Morgan fingerprint density at radius 3 is 2.92 bits per heavy atom. The zero-order valence-electron chi connectivity index (χ0n) is 7.03. The molecule has 0 unspecified atom stereocenters. The number of thioether (sulfide) groups is 1. The largest absolute Gasteiger partial charge is 0.381 e. The molecule has 1 aromatic rings. The lowest BCUT2D eigenvalue weighted by Gasteiger charge is -2.19. The third-order valence-electron chi connectivity index (χ3n) is 1.89. The van der Waals surface area contributed by atoms with Gasteiger partial charge in [0, 0.05) is 23.8 Å². The molecule has 0 saturated carbocycles. The maximum Gasteiger partial charge on any atom is 0.151 e. The van der Waals surface area contributed by atoms with E-state index in [1.165, 1.54) is 0 Å². The molecule has 0 amide bonds. The van der Waals surface area contributed by atoms with Crippen LogP contribution in [0, 0.1) is 0 Å². The van der Waals surface area contributed by atoms with E-state index in [1.54, 1.807) is 11.3 Å². The summed E-state index contributed by atoms with van der Waals surface area (Å²) in [6, 6.07) is 0. The van der Waals surface area contributed by atoms with Crippen LogP contribution < -0.4 is 0 Å². The molecule has 1 fully saturated rings. The summed E-state index contributed by atoms with van der Waals surface area (Å²) in [6.45, 7) is 1.77. The number of rotatable bonds is 2. The Bertz CT molecular complexity index is 273. The summed E-state index contributed by atoms with van der Waals surface area (Å²) in [7, 11) is 0. The smallest absolute Gasteiger partial charge is 0.151 e. The van der Waals surface area contributed by atoms with E-state index >= 15 is 0 Å². The highest BCUT2D eigenvalue weighted by molar-refractivity contribution is 8.01. The Balaban J connectivity index is 1.89. The normalized spacial score (nSPS) is 19.2. The first-order valence-electron chi connectivity index (χ1n) is 4.20. The molecular formula is C8H10ClNOS2. The van der Waals surface area contributed by atoms with E-state index in [2.05, 4.69) is 4.98 Å². The molecule has 2 rings (SSSR count). The van der Waals surface area contributed by atoms with Crippen LogP contribution in [0.25, 0.3) is 0 Å². The van der Waals surface area contributed by atoms with Crippen LogP contribution in [-0.2, 0) is 4.74 Å². The Kier molecular flexibility index (Phi) is 3.49. The number of ether oxygens (including phenoxy) is 1. The summed E-state index contributed by atoms with van der Waals surface area (Å²) in [5.74, 6) is 0. The van der Waals surface area contributed by atoms with Crippen molar-refractivity contribution in [1.82, 2.24) is 4.98 Å². The molecule has 1 aliphatic heterocycles. The molecule has 0 bridgehead atoms. The molecule has 0 aliphatic carbocycles. The van der Waals surface area contributed by atoms with Crippen LogP contribution in [0.5, 0.6) is 0 Å². The molecule has 13 heavy (non-hydrogen) atoms. The van der Waals surface area contributed by atoms with Gasteiger partial charge in [-0.2, -0.15) is 0 Å². The third-order valence-corrected chi connectivity index (χ3v) is 4.52. The van der Waals surface area contributed by atoms with E-state index in [-0.39, 0.29) is 0 Å². The number of aromatic nitrogens is 1. The Labute approximate surface area is 90.7 Å². The van der Waals surface area contributed by atoms with Gasteiger partial charge in [0.1, 0.15) is 5.15 Å². The lowest BCUT2D eigenvalue weighted by atomic mass is 10.2. The molecular weight excluding hydrogens is 226 g/mol. The minimum absolute atomic E-state index is 0.611. The highest BCUT2D eigenvalue weighted by Gasteiger charge is 2.16. The predicted octanol–water partition coefficient (Wildman–Crippen LogP) is 3.07. The van der Waals surface area contributed by atoms with Crippen LogP contribution in [0.4, 0.5) is 0 Å². The monoisotopic (exact) mass is 235 g/mol. The number of hydrogen-bond acceptors (Lipinski definition) is 4. The summed E-state index contributed by atoms with van der Waals surface area (Å²) >= 11 is 9.19. The van der Waals surface area contributed by atoms with Crippen LogP contribution in [0.1, 0.15) is 12.8 Å². The van der Waals surface area contributed by atoms with Crippen LogP contribution in [0.3, 0.4) is 0 Å². The molecule has 1 aromatic heterocycles. The average molecular weight is 236 g/mol. The zero-order valence-corrected chi connectivity index (χ0v) is 9.42. The van der Waals surface area contributed by atoms with Crippen LogP contribution in [-0.4, -0.2) is 23.4 Å². The molecule has 2 nitrogen and oxygen atoms in total.